The lowest BCUT2D eigenvalue weighted by atomic mass is 10.0. The number of halogens is 1. The highest BCUT2D eigenvalue weighted by Gasteiger charge is 2.20. The highest BCUT2D eigenvalue weighted by Crippen LogP contribution is 2.26. The SMILES string of the molecule is Brc1ccn2c(C3CCCOC3)ncc2c1. The largest absolute Gasteiger partial charge is 0.381 e. The van der Waals surface area contributed by atoms with E-state index in [9.17, 15) is 0 Å². The molecule has 1 aliphatic heterocycles. The second-order valence-electron chi connectivity index (χ2n) is 4.17. The lowest BCUT2D eigenvalue weighted by molar-refractivity contribution is 0.0779. The van der Waals surface area contributed by atoms with E-state index in [0.717, 1.165) is 35.4 Å². The Hall–Kier alpha value is -0.870. The number of pyridine rings is 1. The van der Waals surface area contributed by atoms with E-state index < -0.39 is 0 Å². The molecular weight excluding hydrogens is 268 g/mol. The summed E-state index contributed by atoms with van der Waals surface area (Å²) in [5.41, 5.74) is 1.13. The lowest BCUT2D eigenvalue weighted by Crippen LogP contribution is -2.17. The normalized spacial score (nSPS) is 21.4. The maximum absolute atomic E-state index is 5.52. The minimum Gasteiger partial charge on any atom is -0.381 e. The summed E-state index contributed by atoms with van der Waals surface area (Å²) in [5.74, 6) is 1.57. The average molecular weight is 281 g/mol. The van der Waals surface area contributed by atoms with Crippen molar-refractivity contribution in [1.29, 1.82) is 0 Å². The van der Waals surface area contributed by atoms with E-state index >= 15 is 0 Å². The summed E-state index contributed by atoms with van der Waals surface area (Å²) in [6.07, 6.45) is 6.30. The molecule has 1 saturated heterocycles. The van der Waals surface area contributed by atoms with Crippen LogP contribution in [-0.2, 0) is 4.74 Å². The fraction of sp³-hybridized carbons (Fsp3) is 0.417. The topological polar surface area (TPSA) is 26.5 Å². The summed E-state index contributed by atoms with van der Waals surface area (Å²) in [6, 6.07) is 4.13. The fourth-order valence-electron chi connectivity index (χ4n) is 2.24. The highest BCUT2D eigenvalue weighted by molar-refractivity contribution is 9.10. The van der Waals surface area contributed by atoms with Gasteiger partial charge in [-0.1, -0.05) is 15.9 Å². The van der Waals surface area contributed by atoms with Crippen LogP contribution in [0.1, 0.15) is 24.6 Å². The van der Waals surface area contributed by atoms with Crippen LogP contribution in [0.25, 0.3) is 5.52 Å². The van der Waals surface area contributed by atoms with Crippen molar-refractivity contribution in [2.24, 2.45) is 0 Å². The lowest BCUT2D eigenvalue weighted by Gasteiger charge is -2.20. The Morgan fingerprint density at radius 2 is 2.44 bits per heavy atom. The van der Waals surface area contributed by atoms with E-state index in [0.29, 0.717) is 5.92 Å². The molecule has 2 aromatic heterocycles. The molecule has 1 unspecified atom stereocenters. The fourth-order valence-corrected chi connectivity index (χ4v) is 2.59. The molecule has 0 N–H and O–H groups in total. The van der Waals surface area contributed by atoms with Crippen LogP contribution in [0.3, 0.4) is 0 Å². The van der Waals surface area contributed by atoms with Gasteiger partial charge in [0.1, 0.15) is 5.82 Å². The molecule has 3 heterocycles. The van der Waals surface area contributed by atoms with Crippen LogP contribution in [-0.4, -0.2) is 22.6 Å². The van der Waals surface area contributed by atoms with Gasteiger partial charge in [-0.25, -0.2) is 4.98 Å². The van der Waals surface area contributed by atoms with E-state index in [1.807, 2.05) is 12.3 Å². The van der Waals surface area contributed by atoms with E-state index in [-0.39, 0.29) is 0 Å². The molecule has 84 valence electrons. The van der Waals surface area contributed by atoms with Crippen molar-refractivity contribution in [2.45, 2.75) is 18.8 Å². The minimum atomic E-state index is 0.442. The summed E-state index contributed by atoms with van der Waals surface area (Å²) in [6.45, 7) is 1.69. The van der Waals surface area contributed by atoms with Gasteiger partial charge in [0.2, 0.25) is 0 Å². The third-order valence-electron chi connectivity index (χ3n) is 3.05. The number of hydrogen-bond acceptors (Lipinski definition) is 2. The third kappa shape index (κ3) is 1.76. The minimum absolute atomic E-state index is 0.442. The van der Waals surface area contributed by atoms with Crippen LogP contribution < -0.4 is 0 Å². The number of imidazole rings is 1. The molecule has 1 atom stereocenters. The van der Waals surface area contributed by atoms with Crippen LogP contribution in [0.4, 0.5) is 0 Å². The second-order valence-corrected chi connectivity index (χ2v) is 5.09. The molecule has 0 saturated carbocycles. The Labute approximate surface area is 103 Å². The number of fused-ring (bicyclic) bond motifs is 1. The maximum Gasteiger partial charge on any atom is 0.118 e. The summed E-state index contributed by atoms with van der Waals surface area (Å²) < 4.78 is 8.76. The van der Waals surface area contributed by atoms with Gasteiger partial charge in [0.05, 0.1) is 18.3 Å². The molecule has 3 nitrogen and oxygen atoms in total. The van der Waals surface area contributed by atoms with Crippen molar-refractivity contribution in [2.75, 3.05) is 13.2 Å². The molecule has 0 spiro atoms. The monoisotopic (exact) mass is 280 g/mol. The van der Waals surface area contributed by atoms with Gasteiger partial charge < -0.3 is 9.14 Å². The Kier molecular flexibility index (Phi) is 2.69. The first-order valence-electron chi connectivity index (χ1n) is 5.55. The Balaban J connectivity index is 2.03. The van der Waals surface area contributed by atoms with E-state index in [4.69, 9.17) is 4.74 Å². The summed E-state index contributed by atoms with van der Waals surface area (Å²) in [5, 5.41) is 0. The second kappa shape index (κ2) is 4.18. The standard InChI is InChI=1S/C12H13BrN2O/c13-10-3-4-15-11(6-10)7-14-12(15)9-2-1-5-16-8-9/h3-4,6-7,9H,1-2,5,8H2. The number of hydrogen-bond donors (Lipinski definition) is 0. The van der Waals surface area contributed by atoms with E-state index in [1.165, 1.54) is 6.42 Å². The third-order valence-corrected chi connectivity index (χ3v) is 3.54. The van der Waals surface area contributed by atoms with Gasteiger partial charge >= 0.3 is 0 Å². The molecule has 3 rings (SSSR count). The van der Waals surface area contributed by atoms with Crippen molar-refractivity contribution in [3.8, 4) is 0 Å². The summed E-state index contributed by atoms with van der Waals surface area (Å²) in [7, 11) is 0. The molecule has 0 bridgehead atoms. The van der Waals surface area contributed by atoms with Gasteiger partial charge in [-0.15, -0.1) is 0 Å². The molecule has 0 radical (unpaired) electrons. The molecule has 0 aliphatic carbocycles. The molecule has 16 heavy (non-hydrogen) atoms. The van der Waals surface area contributed by atoms with Crippen molar-refractivity contribution in [3.05, 3.63) is 34.8 Å². The van der Waals surface area contributed by atoms with Gasteiger partial charge in [0.25, 0.3) is 0 Å². The van der Waals surface area contributed by atoms with E-state index in [2.05, 4.69) is 37.6 Å². The zero-order chi connectivity index (χ0) is 11.0. The van der Waals surface area contributed by atoms with Crippen LogP contribution in [0, 0.1) is 0 Å². The first-order valence-corrected chi connectivity index (χ1v) is 6.34. The zero-order valence-corrected chi connectivity index (χ0v) is 10.5. The Morgan fingerprint density at radius 1 is 1.50 bits per heavy atom. The molecule has 0 aromatic carbocycles. The average Bonchev–Trinajstić information content (AvgIpc) is 2.73. The van der Waals surface area contributed by atoms with Gasteiger partial charge in [-0.05, 0) is 25.0 Å². The predicted octanol–water partition coefficient (Wildman–Crippen LogP) is 2.99. The van der Waals surface area contributed by atoms with E-state index in [1.54, 1.807) is 0 Å². The molecular formula is C12H13BrN2O. The predicted molar refractivity (Wildman–Crippen MR) is 65.7 cm³/mol. The van der Waals surface area contributed by atoms with Crippen LogP contribution in [0.2, 0.25) is 0 Å². The number of rotatable bonds is 1. The zero-order valence-electron chi connectivity index (χ0n) is 8.90. The highest BCUT2D eigenvalue weighted by atomic mass is 79.9. The molecule has 0 amide bonds. The van der Waals surface area contributed by atoms with Crippen LogP contribution >= 0.6 is 15.9 Å². The van der Waals surface area contributed by atoms with Gasteiger partial charge in [-0.3, -0.25) is 0 Å². The first kappa shape index (κ1) is 10.3. The molecule has 1 fully saturated rings. The van der Waals surface area contributed by atoms with Gasteiger partial charge in [0.15, 0.2) is 0 Å². The molecule has 4 heteroatoms. The number of nitrogens with zero attached hydrogens (tertiary/aromatic N) is 2. The van der Waals surface area contributed by atoms with Gasteiger partial charge in [0, 0.05) is 23.2 Å². The smallest absolute Gasteiger partial charge is 0.118 e. The molecule has 2 aromatic rings. The van der Waals surface area contributed by atoms with Crippen molar-refractivity contribution < 1.29 is 4.74 Å². The Bertz CT molecular complexity index is 503. The number of aromatic nitrogens is 2. The van der Waals surface area contributed by atoms with Crippen LogP contribution in [0.15, 0.2) is 29.0 Å². The number of ether oxygens (including phenoxy) is 1. The first-order chi connectivity index (χ1) is 7.84. The molecule has 1 aliphatic rings. The Morgan fingerprint density at radius 3 is 3.25 bits per heavy atom. The quantitative estimate of drug-likeness (QED) is 0.803. The summed E-state index contributed by atoms with van der Waals surface area (Å²) >= 11 is 3.47. The van der Waals surface area contributed by atoms with Crippen molar-refractivity contribution >= 4 is 21.4 Å². The van der Waals surface area contributed by atoms with Crippen molar-refractivity contribution in [1.82, 2.24) is 9.38 Å². The maximum atomic E-state index is 5.52. The van der Waals surface area contributed by atoms with Gasteiger partial charge in [-0.2, -0.15) is 0 Å². The summed E-state index contributed by atoms with van der Waals surface area (Å²) in [4.78, 5) is 4.52. The van der Waals surface area contributed by atoms with Crippen LogP contribution in [0.5, 0.6) is 0 Å². The van der Waals surface area contributed by atoms with Crippen molar-refractivity contribution in [3.63, 3.8) is 0 Å².